The predicted molar refractivity (Wildman–Crippen MR) is 90.1 cm³/mol. The number of aliphatic carboxylic acids is 1. The third-order valence-corrected chi connectivity index (χ3v) is 4.56. The molecule has 2 heterocycles. The molecule has 0 bridgehead atoms. The van der Waals surface area contributed by atoms with Crippen molar-refractivity contribution < 1.29 is 19.1 Å². The molecule has 1 aliphatic rings. The maximum Gasteiger partial charge on any atom is 0.306 e. The van der Waals surface area contributed by atoms with Crippen molar-refractivity contribution >= 4 is 5.97 Å². The van der Waals surface area contributed by atoms with Gasteiger partial charge in [0, 0.05) is 0 Å². The molecule has 1 saturated heterocycles. The van der Waals surface area contributed by atoms with E-state index >= 15 is 0 Å². The van der Waals surface area contributed by atoms with Crippen molar-refractivity contribution in [1.82, 2.24) is 4.90 Å². The molecule has 0 saturated carbocycles. The van der Waals surface area contributed by atoms with E-state index in [4.69, 9.17) is 9.15 Å². The molecule has 0 spiro atoms. The van der Waals surface area contributed by atoms with Gasteiger partial charge in [-0.1, -0.05) is 12.1 Å². The average molecular weight is 329 g/mol. The molecule has 0 radical (unpaired) electrons. The van der Waals surface area contributed by atoms with Crippen LogP contribution in [-0.2, 0) is 4.79 Å². The van der Waals surface area contributed by atoms with Gasteiger partial charge in [-0.15, -0.1) is 0 Å². The zero-order chi connectivity index (χ0) is 16.9. The summed E-state index contributed by atoms with van der Waals surface area (Å²) in [5, 5.41) is 9.19. The largest absolute Gasteiger partial charge is 0.494 e. The number of piperidine rings is 1. The zero-order valence-electron chi connectivity index (χ0n) is 13.9. The maximum atomic E-state index is 11.2. The average Bonchev–Trinajstić information content (AvgIpc) is 3.11. The Morgan fingerprint density at radius 3 is 2.54 bits per heavy atom. The van der Waals surface area contributed by atoms with Crippen LogP contribution in [0, 0.1) is 5.92 Å². The molecule has 1 N–H and O–H groups in total. The summed E-state index contributed by atoms with van der Waals surface area (Å²) in [4.78, 5) is 13.5. The van der Waals surface area contributed by atoms with E-state index in [1.54, 1.807) is 6.26 Å². The summed E-state index contributed by atoms with van der Waals surface area (Å²) >= 11 is 0. The van der Waals surface area contributed by atoms with Crippen molar-refractivity contribution in [2.75, 3.05) is 19.7 Å². The van der Waals surface area contributed by atoms with Gasteiger partial charge in [-0.2, -0.15) is 0 Å². The van der Waals surface area contributed by atoms with Crippen LogP contribution in [0.15, 0.2) is 47.1 Å². The van der Waals surface area contributed by atoms with Gasteiger partial charge in [-0.05, 0) is 62.7 Å². The third-order valence-electron chi connectivity index (χ3n) is 4.56. The van der Waals surface area contributed by atoms with Crippen LogP contribution in [0.1, 0.15) is 37.1 Å². The van der Waals surface area contributed by atoms with Crippen molar-refractivity contribution in [3.63, 3.8) is 0 Å². The number of carbonyl (C=O) groups is 1. The number of carboxylic acids is 1. The van der Waals surface area contributed by atoms with Gasteiger partial charge in [0.05, 0.1) is 24.8 Å². The van der Waals surface area contributed by atoms with E-state index < -0.39 is 5.97 Å². The fourth-order valence-electron chi connectivity index (χ4n) is 3.32. The Bertz CT molecular complexity index is 643. The van der Waals surface area contributed by atoms with Crippen molar-refractivity contribution in [3.8, 4) is 5.75 Å². The van der Waals surface area contributed by atoms with Crippen molar-refractivity contribution in [1.29, 1.82) is 0 Å². The van der Waals surface area contributed by atoms with Gasteiger partial charge in [0.25, 0.3) is 0 Å². The second-order valence-electron chi connectivity index (χ2n) is 6.07. The Hall–Kier alpha value is -2.27. The van der Waals surface area contributed by atoms with Crippen molar-refractivity contribution in [2.24, 2.45) is 5.92 Å². The third kappa shape index (κ3) is 3.62. The number of carboxylic acid groups (broad SMARTS) is 1. The zero-order valence-corrected chi connectivity index (χ0v) is 13.9. The first-order valence-corrected chi connectivity index (χ1v) is 8.42. The van der Waals surface area contributed by atoms with E-state index in [0.717, 1.165) is 30.2 Å². The number of hydrogen-bond donors (Lipinski definition) is 1. The molecule has 0 amide bonds. The monoisotopic (exact) mass is 329 g/mol. The highest BCUT2D eigenvalue weighted by Gasteiger charge is 2.31. The van der Waals surface area contributed by atoms with Crippen LogP contribution in [0.5, 0.6) is 5.75 Å². The second kappa shape index (κ2) is 7.53. The Labute approximate surface area is 141 Å². The van der Waals surface area contributed by atoms with Gasteiger partial charge >= 0.3 is 5.97 Å². The molecule has 3 rings (SSSR count). The minimum atomic E-state index is -0.690. The van der Waals surface area contributed by atoms with E-state index in [0.29, 0.717) is 19.4 Å². The smallest absolute Gasteiger partial charge is 0.306 e. The highest BCUT2D eigenvalue weighted by atomic mass is 16.5. The van der Waals surface area contributed by atoms with E-state index in [1.807, 2.05) is 31.2 Å². The highest BCUT2D eigenvalue weighted by molar-refractivity contribution is 5.70. The normalized spacial score (nSPS) is 17.5. The summed E-state index contributed by atoms with van der Waals surface area (Å²) in [7, 11) is 0. The van der Waals surface area contributed by atoms with Crippen LogP contribution in [-0.4, -0.2) is 35.7 Å². The molecule has 5 heteroatoms. The Balaban J connectivity index is 1.81. The van der Waals surface area contributed by atoms with Crippen molar-refractivity contribution in [3.05, 3.63) is 54.0 Å². The lowest BCUT2D eigenvalue weighted by molar-refractivity contribution is -0.143. The van der Waals surface area contributed by atoms with E-state index in [9.17, 15) is 9.90 Å². The Morgan fingerprint density at radius 1 is 1.29 bits per heavy atom. The molecule has 1 fully saturated rings. The highest BCUT2D eigenvalue weighted by Crippen LogP contribution is 2.33. The lowest BCUT2D eigenvalue weighted by Crippen LogP contribution is -2.39. The molecule has 1 aromatic carbocycles. The molecular formula is C19H23NO4. The molecule has 5 nitrogen and oxygen atoms in total. The summed E-state index contributed by atoms with van der Waals surface area (Å²) in [6, 6.07) is 11.9. The maximum absolute atomic E-state index is 11.2. The van der Waals surface area contributed by atoms with Crippen LogP contribution in [0.25, 0.3) is 0 Å². The molecule has 1 unspecified atom stereocenters. The number of ether oxygens (including phenoxy) is 1. The summed E-state index contributed by atoms with van der Waals surface area (Å²) in [5.74, 6) is 0.807. The van der Waals surface area contributed by atoms with Gasteiger partial charge < -0.3 is 14.3 Å². The van der Waals surface area contributed by atoms with Crippen LogP contribution in [0.2, 0.25) is 0 Å². The van der Waals surface area contributed by atoms with Gasteiger partial charge in [0.15, 0.2) is 0 Å². The van der Waals surface area contributed by atoms with Gasteiger partial charge in [0.2, 0.25) is 0 Å². The SMILES string of the molecule is CCOc1ccc(C(c2ccco2)N2CCC(C(=O)O)CC2)cc1. The number of furan rings is 1. The number of rotatable bonds is 6. The van der Waals surface area contributed by atoms with Crippen LogP contribution in [0.3, 0.4) is 0 Å². The first kappa shape index (κ1) is 16.6. The summed E-state index contributed by atoms with van der Waals surface area (Å²) in [6.45, 7) is 4.10. The quantitative estimate of drug-likeness (QED) is 0.878. The van der Waals surface area contributed by atoms with Crippen LogP contribution < -0.4 is 4.74 Å². The van der Waals surface area contributed by atoms with E-state index in [2.05, 4.69) is 17.0 Å². The Morgan fingerprint density at radius 2 is 2.00 bits per heavy atom. The molecule has 0 aliphatic carbocycles. The first-order valence-electron chi connectivity index (χ1n) is 8.42. The molecule has 1 aromatic heterocycles. The number of benzene rings is 1. The summed E-state index contributed by atoms with van der Waals surface area (Å²) < 4.78 is 11.2. The molecule has 128 valence electrons. The van der Waals surface area contributed by atoms with Crippen molar-refractivity contribution in [2.45, 2.75) is 25.8 Å². The Kier molecular flexibility index (Phi) is 5.20. The molecule has 24 heavy (non-hydrogen) atoms. The topological polar surface area (TPSA) is 62.9 Å². The number of hydrogen-bond acceptors (Lipinski definition) is 4. The van der Waals surface area contributed by atoms with Crippen LogP contribution in [0.4, 0.5) is 0 Å². The molecule has 2 aromatic rings. The lowest BCUT2D eigenvalue weighted by atomic mass is 9.93. The minimum Gasteiger partial charge on any atom is -0.494 e. The molecule has 1 aliphatic heterocycles. The van der Waals surface area contributed by atoms with Gasteiger partial charge in [-0.3, -0.25) is 9.69 Å². The number of nitrogens with zero attached hydrogens (tertiary/aromatic N) is 1. The minimum absolute atomic E-state index is 0.00502. The van der Waals surface area contributed by atoms with E-state index in [1.165, 1.54) is 0 Å². The van der Waals surface area contributed by atoms with Crippen LogP contribution >= 0.6 is 0 Å². The second-order valence-corrected chi connectivity index (χ2v) is 6.07. The predicted octanol–water partition coefficient (Wildman–Crippen LogP) is 3.56. The number of likely N-dealkylation sites (tertiary alicyclic amines) is 1. The summed E-state index contributed by atoms with van der Waals surface area (Å²) in [5.41, 5.74) is 1.13. The fraction of sp³-hybridized carbons (Fsp3) is 0.421. The first-order chi connectivity index (χ1) is 11.7. The van der Waals surface area contributed by atoms with Gasteiger partial charge in [-0.25, -0.2) is 0 Å². The lowest BCUT2D eigenvalue weighted by Gasteiger charge is -2.35. The molecular weight excluding hydrogens is 306 g/mol. The van der Waals surface area contributed by atoms with Gasteiger partial charge in [0.1, 0.15) is 11.5 Å². The standard InChI is InChI=1S/C19H23NO4/c1-2-23-16-7-5-14(6-8-16)18(17-4-3-13-24-17)20-11-9-15(10-12-20)19(21)22/h3-8,13,15,18H,2,9-12H2,1H3,(H,21,22). The van der Waals surface area contributed by atoms with E-state index in [-0.39, 0.29) is 12.0 Å². The molecule has 1 atom stereocenters. The summed E-state index contributed by atoms with van der Waals surface area (Å²) in [6.07, 6.45) is 3.02. The fourth-order valence-corrected chi connectivity index (χ4v) is 3.32.